The van der Waals surface area contributed by atoms with Gasteiger partial charge in [-0.05, 0) is 55.4 Å². The Morgan fingerprint density at radius 1 is 1.04 bits per heavy atom. The topological polar surface area (TPSA) is 49.4 Å². The third kappa shape index (κ3) is 5.00. The fraction of sp³-hybridized carbons (Fsp3) is 0.417. The van der Waals surface area contributed by atoms with Crippen LogP contribution in [-0.2, 0) is 10.2 Å². The summed E-state index contributed by atoms with van der Waals surface area (Å²) in [6.45, 7) is 8.06. The Kier molecular flexibility index (Phi) is 6.18. The van der Waals surface area contributed by atoms with E-state index in [9.17, 15) is 9.59 Å². The van der Waals surface area contributed by atoms with Crippen molar-refractivity contribution in [1.29, 1.82) is 0 Å². The van der Waals surface area contributed by atoms with E-state index in [0.717, 1.165) is 32.4 Å². The summed E-state index contributed by atoms with van der Waals surface area (Å²) in [5.41, 5.74) is 3.73. The number of nitrogens with one attached hydrogen (secondary N) is 1. The molecule has 1 saturated heterocycles. The van der Waals surface area contributed by atoms with Crippen molar-refractivity contribution in [2.75, 3.05) is 18.4 Å². The highest BCUT2D eigenvalue weighted by Crippen LogP contribution is 2.29. The van der Waals surface area contributed by atoms with Crippen LogP contribution in [0.2, 0.25) is 0 Å². The predicted octanol–water partition coefficient (Wildman–Crippen LogP) is 4.93. The van der Waals surface area contributed by atoms with Crippen LogP contribution in [0.3, 0.4) is 0 Å². The minimum Gasteiger partial charge on any atom is -0.339 e. The number of carbonyl (C=O) groups is 2. The average Bonchev–Trinajstić information content (AvgIpc) is 3.21. The highest BCUT2D eigenvalue weighted by molar-refractivity contribution is 5.97. The van der Waals surface area contributed by atoms with Gasteiger partial charge in [0.25, 0.3) is 5.91 Å². The van der Waals surface area contributed by atoms with E-state index in [-0.39, 0.29) is 17.2 Å². The van der Waals surface area contributed by atoms with E-state index >= 15 is 0 Å². The monoisotopic (exact) mass is 378 g/mol. The van der Waals surface area contributed by atoms with Crippen LogP contribution >= 0.6 is 0 Å². The third-order valence-corrected chi connectivity index (χ3v) is 5.60. The Balaban J connectivity index is 1.58. The molecule has 1 N–H and O–H groups in total. The van der Waals surface area contributed by atoms with Gasteiger partial charge in [0.2, 0.25) is 5.91 Å². The van der Waals surface area contributed by atoms with Gasteiger partial charge in [-0.15, -0.1) is 0 Å². The van der Waals surface area contributed by atoms with Gasteiger partial charge in [0, 0.05) is 30.8 Å². The van der Waals surface area contributed by atoms with Crippen molar-refractivity contribution in [2.45, 2.75) is 51.9 Å². The van der Waals surface area contributed by atoms with Crippen molar-refractivity contribution in [2.24, 2.45) is 0 Å². The molecule has 0 unspecified atom stereocenters. The molecule has 1 aliphatic rings. The molecule has 0 saturated carbocycles. The lowest BCUT2D eigenvalue weighted by atomic mass is 9.80. The molecule has 4 heteroatoms. The Bertz CT molecular complexity index is 834. The molecule has 0 aromatic heterocycles. The van der Waals surface area contributed by atoms with E-state index in [1.807, 2.05) is 23.1 Å². The number of anilines is 1. The Morgan fingerprint density at radius 2 is 1.71 bits per heavy atom. The summed E-state index contributed by atoms with van der Waals surface area (Å²) in [5, 5.41) is 2.95. The van der Waals surface area contributed by atoms with Crippen LogP contribution in [-0.4, -0.2) is 29.8 Å². The zero-order valence-electron chi connectivity index (χ0n) is 17.1. The van der Waals surface area contributed by atoms with E-state index < -0.39 is 0 Å². The van der Waals surface area contributed by atoms with E-state index in [4.69, 9.17) is 0 Å². The summed E-state index contributed by atoms with van der Waals surface area (Å²) in [6.07, 6.45) is 3.33. The molecule has 3 rings (SSSR count). The van der Waals surface area contributed by atoms with Gasteiger partial charge in [0.05, 0.1) is 0 Å². The molecule has 0 atom stereocenters. The van der Waals surface area contributed by atoms with E-state index in [2.05, 4.69) is 50.4 Å². The molecule has 28 heavy (non-hydrogen) atoms. The van der Waals surface area contributed by atoms with Crippen LogP contribution < -0.4 is 5.32 Å². The van der Waals surface area contributed by atoms with E-state index in [0.29, 0.717) is 17.7 Å². The minimum absolute atomic E-state index is 0.0223. The molecule has 0 bridgehead atoms. The summed E-state index contributed by atoms with van der Waals surface area (Å²) in [5.74, 6) is 0.0278. The first-order chi connectivity index (χ1) is 13.3. The van der Waals surface area contributed by atoms with Gasteiger partial charge in [0.15, 0.2) is 0 Å². The molecular formula is C24H30N2O2. The van der Waals surface area contributed by atoms with Gasteiger partial charge in [-0.3, -0.25) is 9.59 Å². The minimum atomic E-state index is -0.0708. The number of hydrogen-bond acceptors (Lipinski definition) is 2. The van der Waals surface area contributed by atoms with Gasteiger partial charge in [-0.2, -0.15) is 0 Å². The second kappa shape index (κ2) is 8.59. The van der Waals surface area contributed by atoms with Crippen LogP contribution in [0, 0.1) is 6.92 Å². The lowest BCUT2D eigenvalue weighted by molar-refractivity contribution is -0.116. The third-order valence-electron chi connectivity index (χ3n) is 5.60. The molecule has 1 fully saturated rings. The number of nitrogens with zero attached hydrogens (tertiary/aromatic N) is 1. The maximum Gasteiger partial charge on any atom is 0.253 e. The van der Waals surface area contributed by atoms with Crippen molar-refractivity contribution in [3.8, 4) is 0 Å². The van der Waals surface area contributed by atoms with Gasteiger partial charge in [-0.25, -0.2) is 0 Å². The lowest BCUT2D eigenvalue weighted by Crippen LogP contribution is -2.27. The summed E-state index contributed by atoms with van der Waals surface area (Å²) in [6, 6.07) is 15.8. The Hall–Kier alpha value is -2.62. The molecule has 0 aliphatic carbocycles. The number of aryl methyl sites for hydroxylation is 1. The number of likely N-dealkylation sites (tertiary alicyclic amines) is 1. The molecule has 0 spiro atoms. The number of amides is 2. The van der Waals surface area contributed by atoms with Gasteiger partial charge in [0.1, 0.15) is 0 Å². The Labute approximate surface area is 167 Å². The maximum absolute atomic E-state index is 12.5. The van der Waals surface area contributed by atoms with Crippen LogP contribution in [0.5, 0.6) is 0 Å². The fourth-order valence-electron chi connectivity index (χ4n) is 3.63. The van der Waals surface area contributed by atoms with Crippen molar-refractivity contribution in [3.05, 3.63) is 65.2 Å². The molecular weight excluding hydrogens is 348 g/mol. The van der Waals surface area contributed by atoms with Crippen LogP contribution in [0.4, 0.5) is 5.69 Å². The number of rotatable bonds is 6. The van der Waals surface area contributed by atoms with E-state index in [1.54, 1.807) is 6.07 Å². The van der Waals surface area contributed by atoms with Crippen molar-refractivity contribution in [1.82, 2.24) is 4.90 Å². The fourth-order valence-corrected chi connectivity index (χ4v) is 3.63. The molecule has 2 aromatic carbocycles. The van der Waals surface area contributed by atoms with Crippen molar-refractivity contribution in [3.63, 3.8) is 0 Å². The molecule has 1 aliphatic heterocycles. The van der Waals surface area contributed by atoms with Gasteiger partial charge in [-0.1, -0.05) is 49.7 Å². The number of benzene rings is 2. The highest BCUT2D eigenvalue weighted by Gasteiger charge is 2.22. The first-order valence-electron chi connectivity index (χ1n) is 10.1. The van der Waals surface area contributed by atoms with Gasteiger partial charge < -0.3 is 10.2 Å². The maximum atomic E-state index is 12.5. The summed E-state index contributed by atoms with van der Waals surface area (Å²) < 4.78 is 0. The summed E-state index contributed by atoms with van der Waals surface area (Å²) in [4.78, 5) is 26.9. The summed E-state index contributed by atoms with van der Waals surface area (Å²) >= 11 is 0. The standard InChI is InChI=1S/C24H30N2O2/c1-18-9-11-20(12-10-18)24(2,3)14-13-22(27)25-21-8-6-7-19(17-21)23(28)26-15-4-5-16-26/h6-12,17H,4-5,13-16H2,1-3H3,(H,25,27). The molecule has 2 amide bonds. The predicted molar refractivity (Wildman–Crippen MR) is 114 cm³/mol. The first kappa shape index (κ1) is 20.1. The zero-order chi connectivity index (χ0) is 20.1. The highest BCUT2D eigenvalue weighted by atomic mass is 16.2. The zero-order valence-corrected chi connectivity index (χ0v) is 17.1. The first-order valence-corrected chi connectivity index (χ1v) is 10.1. The van der Waals surface area contributed by atoms with Gasteiger partial charge >= 0.3 is 0 Å². The van der Waals surface area contributed by atoms with Crippen molar-refractivity contribution < 1.29 is 9.59 Å². The molecule has 1 heterocycles. The molecule has 148 valence electrons. The van der Waals surface area contributed by atoms with Crippen molar-refractivity contribution >= 4 is 17.5 Å². The number of carbonyl (C=O) groups excluding carboxylic acids is 2. The molecule has 4 nitrogen and oxygen atoms in total. The quantitative estimate of drug-likeness (QED) is 0.775. The van der Waals surface area contributed by atoms with Crippen LogP contribution in [0.25, 0.3) is 0 Å². The largest absolute Gasteiger partial charge is 0.339 e. The smallest absolute Gasteiger partial charge is 0.253 e. The van der Waals surface area contributed by atoms with Crippen LogP contribution in [0.15, 0.2) is 48.5 Å². The summed E-state index contributed by atoms with van der Waals surface area (Å²) in [7, 11) is 0. The lowest BCUT2D eigenvalue weighted by Gasteiger charge is -2.25. The van der Waals surface area contributed by atoms with E-state index in [1.165, 1.54) is 11.1 Å². The number of hydrogen-bond donors (Lipinski definition) is 1. The Morgan fingerprint density at radius 3 is 2.39 bits per heavy atom. The van der Waals surface area contributed by atoms with Crippen LogP contribution in [0.1, 0.15) is 61.0 Å². The SMILES string of the molecule is Cc1ccc(C(C)(C)CCC(=O)Nc2cccc(C(=O)N3CCCC3)c2)cc1. The second-order valence-electron chi connectivity index (χ2n) is 8.38. The average molecular weight is 379 g/mol. The molecule has 2 aromatic rings. The molecule has 0 radical (unpaired) electrons. The second-order valence-corrected chi connectivity index (χ2v) is 8.38. The normalized spacial score (nSPS) is 14.2.